The number of rotatable bonds is 5. The Bertz CT molecular complexity index is 668. The van der Waals surface area contributed by atoms with Gasteiger partial charge in [-0.2, -0.15) is 0 Å². The van der Waals surface area contributed by atoms with Crippen molar-refractivity contribution in [1.82, 2.24) is 9.13 Å². The van der Waals surface area contributed by atoms with Crippen LogP contribution in [0.5, 0.6) is 0 Å². The van der Waals surface area contributed by atoms with E-state index in [-0.39, 0.29) is 11.5 Å². The summed E-state index contributed by atoms with van der Waals surface area (Å²) in [5.41, 5.74) is 4.45. The summed E-state index contributed by atoms with van der Waals surface area (Å²) in [5, 5.41) is 2.77. The van der Waals surface area contributed by atoms with Gasteiger partial charge in [0.2, 0.25) is 5.69 Å². The van der Waals surface area contributed by atoms with Gasteiger partial charge in [0.1, 0.15) is 5.82 Å². The first-order valence-corrected chi connectivity index (χ1v) is 7.58. The van der Waals surface area contributed by atoms with Crippen molar-refractivity contribution in [3.63, 3.8) is 0 Å². The molecule has 2 fully saturated rings. The maximum atomic E-state index is 12.5. The van der Waals surface area contributed by atoms with Crippen LogP contribution in [0.2, 0.25) is 0 Å². The Morgan fingerprint density at radius 1 is 1.00 bits per heavy atom. The fraction of sp³-hybridized carbons (Fsp3) is 0.714. The van der Waals surface area contributed by atoms with Crippen LogP contribution in [0.25, 0.3) is 0 Å². The van der Waals surface area contributed by atoms with Crippen LogP contribution < -0.4 is 17.0 Å². The van der Waals surface area contributed by atoms with Crippen LogP contribution in [0.15, 0.2) is 14.8 Å². The van der Waals surface area contributed by atoms with Crippen molar-refractivity contribution in [2.45, 2.75) is 51.6 Å². The van der Waals surface area contributed by atoms with Crippen LogP contribution in [-0.4, -0.2) is 9.13 Å². The van der Waals surface area contributed by atoms with E-state index in [0.29, 0.717) is 24.9 Å². The third kappa shape index (κ3) is 2.41. The second kappa shape index (κ2) is 5.46. The van der Waals surface area contributed by atoms with Crippen molar-refractivity contribution < 1.29 is 0 Å². The Morgan fingerprint density at radius 3 is 1.95 bits per heavy atom. The summed E-state index contributed by atoms with van der Waals surface area (Å²) in [4.78, 5) is 35.7. The van der Waals surface area contributed by atoms with Crippen LogP contribution in [-0.2, 0) is 13.1 Å². The van der Waals surface area contributed by atoms with Crippen molar-refractivity contribution in [3.8, 4) is 0 Å². The number of hydrogen-bond acceptors (Lipinski definition) is 5. The Morgan fingerprint density at radius 2 is 1.52 bits per heavy atom. The molecule has 3 rings (SSSR count). The lowest BCUT2D eigenvalue weighted by atomic mass is 9.85. The van der Waals surface area contributed by atoms with Crippen molar-refractivity contribution in [2.24, 2.45) is 17.0 Å². The molecule has 0 saturated heterocycles. The van der Waals surface area contributed by atoms with Crippen LogP contribution >= 0.6 is 0 Å². The minimum Gasteiger partial charge on any atom is -0.383 e. The summed E-state index contributed by atoms with van der Waals surface area (Å²) in [6.45, 7) is 0.837. The first kappa shape index (κ1) is 14.0. The van der Waals surface area contributed by atoms with E-state index < -0.39 is 11.2 Å². The van der Waals surface area contributed by atoms with Gasteiger partial charge in [0.15, 0.2) is 0 Å². The molecule has 0 bridgehead atoms. The molecule has 0 atom stereocenters. The average Bonchev–Trinajstić information content (AvgIpc) is 2.35. The second-order valence-electron chi connectivity index (χ2n) is 6.23. The Balaban J connectivity index is 2.04. The maximum absolute atomic E-state index is 12.5. The van der Waals surface area contributed by atoms with Gasteiger partial charge < -0.3 is 5.73 Å². The van der Waals surface area contributed by atoms with Gasteiger partial charge in [0.05, 0.1) is 0 Å². The molecular formula is C14H20N4O3. The molecule has 0 aliphatic heterocycles. The molecule has 114 valence electrons. The number of nitroso groups, excluding NO2 is 1. The molecule has 2 aliphatic carbocycles. The summed E-state index contributed by atoms with van der Waals surface area (Å²) in [5.74, 6) is 0.659. The number of nitrogen functional groups attached to an aromatic ring is 1. The molecule has 2 saturated carbocycles. The molecule has 1 heterocycles. The molecule has 0 aromatic carbocycles. The predicted molar refractivity (Wildman–Crippen MR) is 79.5 cm³/mol. The van der Waals surface area contributed by atoms with Crippen LogP contribution in [0, 0.1) is 16.7 Å². The number of hydrogen-bond donors (Lipinski definition) is 1. The lowest BCUT2D eigenvalue weighted by Gasteiger charge is -2.28. The highest BCUT2D eigenvalue weighted by Crippen LogP contribution is 2.29. The Kier molecular flexibility index (Phi) is 3.65. The average molecular weight is 292 g/mol. The zero-order valence-corrected chi connectivity index (χ0v) is 12.0. The normalized spacial score (nSPS) is 19.0. The molecule has 0 amide bonds. The minimum atomic E-state index is -0.649. The smallest absolute Gasteiger partial charge is 0.332 e. The van der Waals surface area contributed by atoms with Crippen LogP contribution in [0.4, 0.5) is 11.5 Å². The van der Waals surface area contributed by atoms with Gasteiger partial charge in [-0.05, 0) is 42.7 Å². The van der Waals surface area contributed by atoms with Gasteiger partial charge in [0, 0.05) is 13.1 Å². The highest BCUT2D eigenvalue weighted by molar-refractivity contribution is 5.55. The quantitative estimate of drug-likeness (QED) is 0.833. The molecule has 0 radical (unpaired) electrons. The van der Waals surface area contributed by atoms with E-state index in [1.54, 1.807) is 0 Å². The summed E-state index contributed by atoms with van der Waals surface area (Å²) in [6, 6.07) is 0. The standard InChI is InChI=1S/C14H20N4O3/c15-12-11(16-21)13(19)18(8-10-5-2-6-10)14(20)17(12)7-9-3-1-4-9/h9-10H,1-8,15H2. The minimum absolute atomic E-state index is 0.0863. The van der Waals surface area contributed by atoms with Gasteiger partial charge in [-0.1, -0.05) is 12.8 Å². The monoisotopic (exact) mass is 292 g/mol. The zero-order chi connectivity index (χ0) is 15.0. The lowest BCUT2D eigenvalue weighted by Crippen LogP contribution is -2.44. The topological polar surface area (TPSA) is 99.4 Å². The molecule has 0 spiro atoms. The molecule has 7 heteroatoms. The lowest BCUT2D eigenvalue weighted by molar-refractivity contribution is 0.254. The van der Waals surface area contributed by atoms with Gasteiger partial charge in [-0.15, -0.1) is 4.91 Å². The van der Waals surface area contributed by atoms with Gasteiger partial charge >= 0.3 is 5.69 Å². The highest BCUT2D eigenvalue weighted by atomic mass is 16.3. The fourth-order valence-corrected chi connectivity index (χ4v) is 2.99. The summed E-state index contributed by atoms with van der Waals surface area (Å²) in [7, 11) is 0. The molecule has 21 heavy (non-hydrogen) atoms. The van der Waals surface area contributed by atoms with Gasteiger partial charge in [0.25, 0.3) is 5.56 Å². The highest BCUT2D eigenvalue weighted by Gasteiger charge is 2.26. The fourth-order valence-electron chi connectivity index (χ4n) is 2.99. The molecular weight excluding hydrogens is 272 g/mol. The molecule has 2 aliphatic rings. The number of nitrogens with zero attached hydrogens (tertiary/aromatic N) is 3. The number of aromatic nitrogens is 2. The Labute approximate surface area is 121 Å². The predicted octanol–water partition coefficient (Wildman–Crippen LogP) is 1.59. The van der Waals surface area contributed by atoms with Gasteiger partial charge in [-0.3, -0.25) is 13.9 Å². The summed E-state index contributed by atoms with van der Waals surface area (Å²) in [6.07, 6.45) is 6.42. The van der Waals surface area contributed by atoms with Crippen molar-refractivity contribution in [1.29, 1.82) is 0 Å². The van der Waals surface area contributed by atoms with E-state index in [2.05, 4.69) is 5.18 Å². The van der Waals surface area contributed by atoms with Gasteiger partial charge in [-0.25, -0.2) is 4.79 Å². The molecule has 1 aromatic heterocycles. The first-order chi connectivity index (χ1) is 10.1. The number of anilines is 1. The zero-order valence-electron chi connectivity index (χ0n) is 12.0. The largest absolute Gasteiger partial charge is 0.383 e. The third-order valence-corrected chi connectivity index (χ3v) is 4.87. The van der Waals surface area contributed by atoms with Crippen molar-refractivity contribution in [3.05, 3.63) is 25.7 Å². The van der Waals surface area contributed by atoms with E-state index in [1.807, 2.05) is 0 Å². The van der Waals surface area contributed by atoms with Crippen LogP contribution in [0.1, 0.15) is 38.5 Å². The van der Waals surface area contributed by atoms with E-state index >= 15 is 0 Å². The van der Waals surface area contributed by atoms with E-state index in [0.717, 1.165) is 43.1 Å². The maximum Gasteiger partial charge on any atom is 0.332 e. The third-order valence-electron chi connectivity index (χ3n) is 4.87. The van der Waals surface area contributed by atoms with E-state index in [1.165, 1.54) is 4.57 Å². The molecule has 1 aromatic rings. The van der Waals surface area contributed by atoms with Crippen molar-refractivity contribution >= 4 is 11.5 Å². The van der Waals surface area contributed by atoms with Crippen molar-refractivity contribution in [2.75, 3.05) is 5.73 Å². The SMILES string of the molecule is Nc1c(N=O)c(=O)n(CC2CCC2)c(=O)n1CC1CCC1. The molecule has 0 unspecified atom stereocenters. The first-order valence-electron chi connectivity index (χ1n) is 7.58. The second-order valence-corrected chi connectivity index (χ2v) is 6.23. The summed E-state index contributed by atoms with van der Waals surface area (Å²) < 4.78 is 2.51. The molecule has 2 N–H and O–H groups in total. The number of nitrogens with two attached hydrogens (primary N) is 1. The Hall–Kier alpha value is -1.92. The van der Waals surface area contributed by atoms with E-state index in [4.69, 9.17) is 5.73 Å². The van der Waals surface area contributed by atoms with Crippen LogP contribution in [0.3, 0.4) is 0 Å². The molecule has 7 nitrogen and oxygen atoms in total. The summed E-state index contributed by atoms with van der Waals surface area (Å²) >= 11 is 0. The van der Waals surface area contributed by atoms with E-state index in [9.17, 15) is 14.5 Å².